The number of hydrogen-bond donors (Lipinski definition) is 3. The molecule has 0 aliphatic heterocycles. The van der Waals surface area contributed by atoms with Gasteiger partial charge in [-0.2, -0.15) is 0 Å². The lowest BCUT2D eigenvalue weighted by Crippen LogP contribution is -2.22. The maximum absolute atomic E-state index is 11.9. The average Bonchev–Trinajstić information content (AvgIpc) is 2.45. The van der Waals surface area contributed by atoms with E-state index in [0.717, 1.165) is 0 Å². The Morgan fingerprint density at radius 3 is 2.50 bits per heavy atom. The number of amides is 1. The lowest BCUT2D eigenvalue weighted by molar-refractivity contribution is 0.0696. The van der Waals surface area contributed by atoms with Crippen LogP contribution in [0, 0.1) is 0 Å². The molecule has 20 heavy (non-hydrogen) atoms. The Kier molecular flexibility index (Phi) is 4.00. The molecule has 0 spiro atoms. The van der Waals surface area contributed by atoms with Gasteiger partial charge in [-0.05, 0) is 29.8 Å². The largest absolute Gasteiger partial charge is 0.507 e. The molecule has 0 radical (unpaired) electrons. The van der Waals surface area contributed by atoms with Gasteiger partial charge in [-0.15, -0.1) is 0 Å². The molecule has 0 fully saturated rings. The number of rotatable bonds is 4. The molecule has 0 saturated heterocycles. The predicted molar refractivity (Wildman–Crippen MR) is 72.7 cm³/mol. The smallest absolute Gasteiger partial charge is 0.335 e. The summed E-state index contributed by atoms with van der Waals surface area (Å²) >= 11 is 0. The van der Waals surface area contributed by atoms with Gasteiger partial charge in [-0.1, -0.05) is 24.3 Å². The molecule has 0 saturated carbocycles. The third-order valence-corrected chi connectivity index (χ3v) is 2.78. The number of carbonyl (C=O) groups excluding carboxylic acids is 1. The van der Waals surface area contributed by atoms with Crippen LogP contribution in [0.2, 0.25) is 0 Å². The van der Waals surface area contributed by atoms with Gasteiger partial charge in [0, 0.05) is 6.54 Å². The van der Waals surface area contributed by atoms with Gasteiger partial charge in [0.25, 0.3) is 5.91 Å². The first-order chi connectivity index (χ1) is 9.58. The number of carbonyl (C=O) groups is 2. The Bertz CT molecular complexity index is 652. The van der Waals surface area contributed by atoms with Crippen molar-refractivity contribution in [3.8, 4) is 5.75 Å². The summed E-state index contributed by atoms with van der Waals surface area (Å²) < 4.78 is 0. The summed E-state index contributed by atoms with van der Waals surface area (Å²) in [4.78, 5) is 22.7. The first-order valence-corrected chi connectivity index (χ1v) is 5.96. The van der Waals surface area contributed by atoms with E-state index in [2.05, 4.69) is 5.32 Å². The molecule has 5 heteroatoms. The fourth-order valence-electron chi connectivity index (χ4n) is 1.76. The van der Waals surface area contributed by atoms with Crippen LogP contribution in [0.15, 0.2) is 48.5 Å². The molecule has 2 aromatic carbocycles. The lowest BCUT2D eigenvalue weighted by atomic mass is 10.1. The normalized spacial score (nSPS) is 10.0. The Morgan fingerprint density at radius 2 is 1.80 bits per heavy atom. The summed E-state index contributed by atoms with van der Waals surface area (Å²) in [6.07, 6.45) is 0. The van der Waals surface area contributed by atoms with E-state index in [1.54, 1.807) is 24.3 Å². The molecular weight excluding hydrogens is 258 g/mol. The van der Waals surface area contributed by atoms with Crippen LogP contribution in [0.25, 0.3) is 0 Å². The van der Waals surface area contributed by atoms with Crippen LogP contribution in [-0.4, -0.2) is 22.1 Å². The number of benzene rings is 2. The van der Waals surface area contributed by atoms with E-state index in [1.807, 2.05) is 0 Å². The third kappa shape index (κ3) is 3.14. The maximum Gasteiger partial charge on any atom is 0.335 e. The zero-order chi connectivity index (χ0) is 14.5. The zero-order valence-corrected chi connectivity index (χ0v) is 10.5. The average molecular weight is 271 g/mol. The molecule has 0 aromatic heterocycles. The van der Waals surface area contributed by atoms with Crippen molar-refractivity contribution < 1.29 is 19.8 Å². The standard InChI is InChI=1S/C15H13NO4/c17-13-7-2-1-6-12(13)14(18)16-9-10-4-3-5-11(8-10)15(19)20/h1-8,17H,9H2,(H,16,18)(H,19,20). The number of para-hydroxylation sites is 1. The highest BCUT2D eigenvalue weighted by atomic mass is 16.4. The van der Waals surface area contributed by atoms with Gasteiger partial charge in [0.2, 0.25) is 0 Å². The number of hydrogen-bond acceptors (Lipinski definition) is 3. The van der Waals surface area contributed by atoms with Crippen LogP contribution in [-0.2, 0) is 6.54 Å². The van der Waals surface area contributed by atoms with Crippen LogP contribution in [0.1, 0.15) is 26.3 Å². The summed E-state index contributed by atoms with van der Waals surface area (Å²) in [5.74, 6) is -1.52. The second-order valence-corrected chi connectivity index (χ2v) is 4.21. The van der Waals surface area contributed by atoms with Gasteiger partial charge >= 0.3 is 5.97 Å². The number of carboxylic acids is 1. The topological polar surface area (TPSA) is 86.6 Å². The monoisotopic (exact) mass is 271 g/mol. The van der Waals surface area contributed by atoms with Crippen LogP contribution >= 0.6 is 0 Å². The van der Waals surface area contributed by atoms with E-state index in [0.29, 0.717) is 5.56 Å². The first-order valence-electron chi connectivity index (χ1n) is 5.96. The molecule has 0 aliphatic carbocycles. The Hall–Kier alpha value is -2.82. The van der Waals surface area contributed by atoms with Gasteiger partial charge in [-0.25, -0.2) is 4.79 Å². The van der Waals surface area contributed by atoms with E-state index < -0.39 is 11.9 Å². The Labute approximate surface area is 115 Å². The van der Waals surface area contributed by atoms with Crippen LogP contribution < -0.4 is 5.32 Å². The van der Waals surface area contributed by atoms with Crippen molar-refractivity contribution in [3.05, 3.63) is 65.2 Å². The summed E-state index contributed by atoms with van der Waals surface area (Å²) in [6, 6.07) is 12.5. The molecular formula is C15H13NO4. The number of carboxylic acid groups (broad SMARTS) is 1. The third-order valence-electron chi connectivity index (χ3n) is 2.78. The molecule has 0 bridgehead atoms. The molecule has 3 N–H and O–H groups in total. The summed E-state index contributed by atoms with van der Waals surface area (Å²) in [7, 11) is 0. The molecule has 102 valence electrons. The number of phenols is 1. The first kappa shape index (κ1) is 13.6. The highest BCUT2D eigenvalue weighted by Gasteiger charge is 2.10. The van der Waals surface area contributed by atoms with E-state index in [-0.39, 0.29) is 23.4 Å². The van der Waals surface area contributed by atoms with Gasteiger partial charge in [0.05, 0.1) is 11.1 Å². The van der Waals surface area contributed by atoms with Gasteiger partial charge in [0.15, 0.2) is 0 Å². The predicted octanol–water partition coefficient (Wildman–Crippen LogP) is 2.02. The van der Waals surface area contributed by atoms with Crippen LogP contribution in [0.3, 0.4) is 0 Å². The molecule has 0 unspecified atom stereocenters. The van der Waals surface area contributed by atoms with Crippen LogP contribution in [0.4, 0.5) is 0 Å². The van der Waals surface area contributed by atoms with Crippen molar-refractivity contribution in [1.29, 1.82) is 0 Å². The van der Waals surface area contributed by atoms with Crippen molar-refractivity contribution >= 4 is 11.9 Å². The molecule has 2 aromatic rings. The van der Waals surface area contributed by atoms with Crippen LogP contribution in [0.5, 0.6) is 5.75 Å². The van der Waals surface area contributed by atoms with Gasteiger partial charge in [-0.3, -0.25) is 4.79 Å². The quantitative estimate of drug-likeness (QED) is 0.794. The minimum atomic E-state index is -1.01. The molecule has 0 aliphatic rings. The fraction of sp³-hybridized carbons (Fsp3) is 0.0667. The van der Waals surface area contributed by atoms with E-state index in [9.17, 15) is 14.7 Å². The summed E-state index contributed by atoms with van der Waals surface area (Å²) in [6.45, 7) is 0.189. The summed E-state index contributed by atoms with van der Waals surface area (Å²) in [5, 5.41) is 21.1. The highest BCUT2D eigenvalue weighted by Crippen LogP contribution is 2.15. The van der Waals surface area contributed by atoms with E-state index >= 15 is 0 Å². The number of phenolic OH excluding ortho intramolecular Hbond substituents is 1. The van der Waals surface area contributed by atoms with Crippen molar-refractivity contribution in [3.63, 3.8) is 0 Å². The second-order valence-electron chi connectivity index (χ2n) is 4.21. The van der Waals surface area contributed by atoms with Crippen molar-refractivity contribution in [2.24, 2.45) is 0 Å². The Balaban J connectivity index is 2.06. The molecule has 0 atom stereocenters. The maximum atomic E-state index is 11.9. The van der Waals surface area contributed by atoms with Crippen molar-refractivity contribution in [2.75, 3.05) is 0 Å². The fourth-order valence-corrected chi connectivity index (χ4v) is 1.76. The van der Waals surface area contributed by atoms with E-state index in [1.165, 1.54) is 24.3 Å². The second kappa shape index (κ2) is 5.88. The Morgan fingerprint density at radius 1 is 1.05 bits per heavy atom. The zero-order valence-electron chi connectivity index (χ0n) is 10.5. The van der Waals surface area contributed by atoms with Crippen molar-refractivity contribution in [2.45, 2.75) is 6.54 Å². The van der Waals surface area contributed by atoms with Gasteiger partial charge < -0.3 is 15.5 Å². The van der Waals surface area contributed by atoms with E-state index in [4.69, 9.17) is 5.11 Å². The number of aromatic hydroxyl groups is 1. The SMILES string of the molecule is O=C(O)c1cccc(CNC(=O)c2ccccc2O)c1. The minimum absolute atomic E-state index is 0.0933. The number of nitrogens with one attached hydrogen (secondary N) is 1. The minimum Gasteiger partial charge on any atom is -0.507 e. The highest BCUT2D eigenvalue weighted by molar-refractivity contribution is 5.96. The number of aromatic carboxylic acids is 1. The molecule has 2 rings (SSSR count). The lowest BCUT2D eigenvalue weighted by Gasteiger charge is -2.07. The molecule has 5 nitrogen and oxygen atoms in total. The summed E-state index contributed by atoms with van der Waals surface area (Å²) in [5.41, 5.74) is 1.02. The van der Waals surface area contributed by atoms with Crippen molar-refractivity contribution in [1.82, 2.24) is 5.32 Å². The molecule has 1 amide bonds. The molecule has 0 heterocycles. The van der Waals surface area contributed by atoms with Gasteiger partial charge in [0.1, 0.15) is 5.75 Å².